The van der Waals surface area contributed by atoms with E-state index in [0.29, 0.717) is 12.0 Å². The van der Waals surface area contributed by atoms with Crippen molar-refractivity contribution in [2.45, 2.75) is 64.3 Å². The average molecular weight is 343 g/mol. The van der Waals surface area contributed by atoms with Crippen molar-refractivity contribution in [2.75, 3.05) is 26.2 Å². The molecule has 0 saturated carbocycles. The number of rotatable bonds is 4. The molecule has 0 spiro atoms. The quantitative estimate of drug-likeness (QED) is 0.907. The van der Waals surface area contributed by atoms with Crippen molar-refractivity contribution in [2.24, 2.45) is 5.92 Å². The van der Waals surface area contributed by atoms with Gasteiger partial charge in [0.1, 0.15) is 0 Å². The zero-order valence-electron chi connectivity index (χ0n) is 14.5. The fourth-order valence-corrected chi connectivity index (χ4v) is 3.71. The maximum Gasteiger partial charge on any atom is 0.229 e. The summed E-state index contributed by atoms with van der Waals surface area (Å²) in [6.45, 7) is 8.90. The molecule has 0 amide bonds. The molecular weight excluding hydrogens is 312 g/mol. The molecule has 2 unspecified atom stereocenters. The normalized spacial score (nSPS) is 26.7. The van der Waals surface area contributed by atoms with E-state index in [1.54, 1.807) is 0 Å². The molecule has 0 aliphatic carbocycles. The zero-order valence-corrected chi connectivity index (χ0v) is 15.3. The van der Waals surface area contributed by atoms with Gasteiger partial charge in [-0.05, 0) is 51.2 Å². The predicted octanol–water partition coefficient (Wildman–Crippen LogP) is 3.53. The molecule has 0 radical (unpaired) electrons. The van der Waals surface area contributed by atoms with Crippen molar-refractivity contribution in [3.05, 3.63) is 11.7 Å². The van der Waals surface area contributed by atoms with Crippen LogP contribution in [0.5, 0.6) is 0 Å². The summed E-state index contributed by atoms with van der Waals surface area (Å²) in [5.41, 5.74) is 0. The molecule has 1 aromatic rings. The van der Waals surface area contributed by atoms with Gasteiger partial charge in [-0.25, -0.2) is 0 Å². The Morgan fingerprint density at radius 3 is 2.78 bits per heavy atom. The molecule has 5 nitrogen and oxygen atoms in total. The summed E-state index contributed by atoms with van der Waals surface area (Å²) >= 11 is 0. The molecule has 1 N–H and O–H groups in total. The van der Waals surface area contributed by atoms with Gasteiger partial charge in [0.25, 0.3) is 0 Å². The minimum Gasteiger partial charge on any atom is -0.339 e. The number of likely N-dealkylation sites (tertiary alicyclic amines) is 1. The molecule has 2 aliphatic rings. The first-order valence-corrected chi connectivity index (χ1v) is 9.02. The zero-order chi connectivity index (χ0) is 15.4. The molecule has 1 aromatic heterocycles. The van der Waals surface area contributed by atoms with E-state index in [1.807, 2.05) is 0 Å². The van der Waals surface area contributed by atoms with Gasteiger partial charge in [-0.3, -0.25) is 4.90 Å². The van der Waals surface area contributed by atoms with Crippen molar-refractivity contribution in [3.63, 3.8) is 0 Å². The molecule has 3 heterocycles. The third-order valence-corrected chi connectivity index (χ3v) is 5.00. The standard InChI is InChI=1S/C17H30N4O.ClH/c1-13(2)17-19-16(20-22-17)15-8-4-3-5-10-21(15)12-14-7-6-9-18-11-14;/h13-15,18H,3-12H2,1-2H3;1H. The lowest BCUT2D eigenvalue weighted by Gasteiger charge is -2.33. The highest BCUT2D eigenvalue weighted by Gasteiger charge is 2.29. The van der Waals surface area contributed by atoms with E-state index in [1.165, 1.54) is 51.7 Å². The maximum absolute atomic E-state index is 5.46. The maximum atomic E-state index is 5.46. The van der Waals surface area contributed by atoms with Gasteiger partial charge in [-0.2, -0.15) is 4.98 Å². The Hall–Kier alpha value is -0.650. The number of halogens is 1. The van der Waals surface area contributed by atoms with Crippen molar-refractivity contribution in [1.82, 2.24) is 20.4 Å². The average Bonchev–Trinajstić information content (AvgIpc) is 2.90. The monoisotopic (exact) mass is 342 g/mol. The highest BCUT2D eigenvalue weighted by Crippen LogP contribution is 2.30. The number of aromatic nitrogens is 2. The van der Waals surface area contributed by atoms with Gasteiger partial charge in [0.15, 0.2) is 5.82 Å². The van der Waals surface area contributed by atoms with Crippen LogP contribution in [0.4, 0.5) is 0 Å². The first-order valence-electron chi connectivity index (χ1n) is 9.02. The van der Waals surface area contributed by atoms with Crippen LogP contribution in [0.3, 0.4) is 0 Å². The lowest BCUT2D eigenvalue weighted by atomic mass is 9.98. The van der Waals surface area contributed by atoms with Crippen LogP contribution in [0.1, 0.15) is 76.0 Å². The van der Waals surface area contributed by atoms with Crippen molar-refractivity contribution >= 4 is 12.4 Å². The van der Waals surface area contributed by atoms with Crippen LogP contribution >= 0.6 is 12.4 Å². The van der Waals surface area contributed by atoms with Gasteiger partial charge in [0.05, 0.1) is 6.04 Å². The van der Waals surface area contributed by atoms with Gasteiger partial charge < -0.3 is 9.84 Å². The van der Waals surface area contributed by atoms with Gasteiger partial charge >= 0.3 is 0 Å². The number of nitrogens with one attached hydrogen (secondary N) is 1. The molecule has 2 fully saturated rings. The van der Waals surface area contributed by atoms with Gasteiger partial charge in [-0.1, -0.05) is 31.8 Å². The summed E-state index contributed by atoms with van der Waals surface area (Å²) in [7, 11) is 0. The van der Waals surface area contributed by atoms with Crippen molar-refractivity contribution in [3.8, 4) is 0 Å². The summed E-state index contributed by atoms with van der Waals surface area (Å²) < 4.78 is 5.46. The SMILES string of the molecule is CC(C)c1nc(C2CCCCCN2CC2CCCNC2)no1.Cl. The molecule has 2 atom stereocenters. The van der Waals surface area contributed by atoms with Crippen LogP contribution in [-0.4, -0.2) is 41.2 Å². The lowest BCUT2D eigenvalue weighted by Crippen LogP contribution is -2.40. The van der Waals surface area contributed by atoms with Crippen molar-refractivity contribution < 1.29 is 4.52 Å². The van der Waals surface area contributed by atoms with Crippen LogP contribution < -0.4 is 5.32 Å². The smallest absolute Gasteiger partial charge is 0.229 e. The molecular formula is C17H31ClN4O. The number of hydrogen-bond donors (Lipinski definition) is 1. The fourth-order valence-electron chi connectivity index (χ4n) is 3.71. The first-order chi connectivity index (χ1) is 10.7. The topological polar surface area (TPSA) is 54.2 Å². The Morgan fingerprint density at radius 1 is 1.22 bits per heavy atom. The largest absolute Gasteiger partial charge is 0.339 e. The Balaban J connectivity index is 0.00000192. The van der Waals surface area contributed by atoms with Gasteiger partial charge in [0, 0.05) is 12.5 Å². The van der Waals surface area contributed by atoms with Crippen LogP contribution in [0, 0.1) is 5.92 Å². The van der Waals surface area contributed by atoms with Crippen LogP contribution in [0.15, 0.2) is 4.52 Å². The molecule has 132 valence electrons. The Morgan fingerprint density at radius 2 is 2.09 bits per heavy atom. The van der Waals surface area contributed by atoms with E-state index in [-0.39, 0.29) is 12.4 Å². The molecule has 0 aromatic carbocycles. The Bertz CT molecular complexity index is 459. The van der Waals surface area contributed by atoms with Gasteiger partial charge in [0.2, 0.25) is 5.89 Å². The summed E-state index contributed by atoms with van der Waals surface area (Å²) in [6, 6.07) is 0.348. The van der Waals surface area contributed by atoms with E-state index < -0.39 is 0 Å². The lowest BCUT2D eigenvalue weighted by molar-refractivity contribution is 0.148. The van der Waals surface area contributed by atoms with E-state index in [9.17, 15) is 0 Å². The first kappa shape index (κ1) is 18.7. The molecule has 0 bridgehead atoms. The molecule has 2 saturated heterocycles. The fraction of sp³-hybridized carbons (Fsp3) is 0.882. The second kappa shape index (κ2) is 9.00. The summed E-state index contributed by atoms with van der Waals surface area (Å²) in [5, 5.41) is 7.84. The second-order valence-corrected chi connectivity index (χ2v) is 7.22. The second-order valence-electron chi connectivity index (χ2n) is 7.22. The third-order valence-electron chi connectivity index (χ3n) is 5.00. The molecule has 3 rings (SSSR count). The minimum atomic E-state index is 0. The number of nitrogens with zero attached hydrogens (tertiary/aromatic N) is 3. The number of piperidine rings is 1. The molecule has 2 aliphatic heterocycles. The number of hydrogen-bond acceptors (Lipinski definition) is 5. The highest BCUT2D eigenvalue weighted by atomic mass is 35.5. The summed E-state index contributed by atoms with van der Waals surface area (Å²) in [6.07, 6.45) is 7.71. The minimum absolute atomic E-state index is 0. The van der Waals surface area contributed by atoms with E-state index in [2.05, 4.69) is 34.2 Å². The van der Waals surface area contributed by atoms with Crippen LogP contribution in [0.2, 0.25) is 0 Å². The van der Waals surface area contributed by atoms with Crippen molar-refractivity contribution in [1.29, 1.82) is 0 Å². The highest BCUT2D eigenvalue weighted by molar-refractivity contribution is 5.85. The van der Waals surface area contributed by atoms with Gasteiger partial charge in [-0.15, -0.1) is 12.4 Å². The summed E-state index contributed by atoms with van der Waals surface area (Å²) in [4.78, 5) is 7.31. The summed E-state index contributed by atoms with van der Waals surface area (Å²) in [5.74, 6) is 2.77. The van der Waals surface area contributed by atoms with E-state index in [0.717, 1.165) is 30.6 Å². The predicted molar refractivity (Wildman–Crippen MR) is 94.0 cm³/mol. The Labute approximate surface area is 146 Å². The third kappa shape index (κ3) is 4.91. The molecule has 23 heavy (non-hydrogen) atoms. The van der Waals surface area contributed by atoms with E-state index in [4.69, 9.17) is 4.52 Å². The van der Waals surface area contributed by atoms with E-state index >= 15 is 0 Å². The Kier molecular flexibility index (Phi) is 7.31. The van der Waals surface area contributed by atoms with Crippen LogP contribution in [0.25, 0.3) is 0 Å². The molecule has 6 heteroatoms. The van der Waals surface area contributed by atoms with Crippen LogP contribution in [-0.2, 0) is 0 Å².